The zero-order chi connectivity index (χ0) is 94.6. The Hall–Kier alpha value is -5.37. The molecule has 0 unspecified atom stereocenters. The van der Waals surface area contributed by atoms with Crippen LogP contribution in [0.15, 0.2) is 87.2 Å². The molecule has 19 N–H and O–H groups in total. The van der Waals surface area contributed by atoms with Gasteiger partial charge < -0.3 is 90.3 Å². The van der Waals surface area contributed by atoms with E-state index in [9.17, 15) is 89.4 Å². The van der Waals surface area contributed by atoms with Crippen molar-refractivity contribution in [2.45, 2.75) is 234 Å². The molecule has 5 saturated heterocycles. The Labute approximate surface area is 743 Å². The fourth-order valence-electron chi connectivity index (χ4n) is 14.3. The van der Waals surface area contributed by atoms with E-state index in [4.69, 9.17) is 35.9 Å². The number of aromatic nitrogens is 8. The van der Waals surface area contributed by atoms with Crippen molar-refractivity contribution in [2.75, 3.05) is 131 Å². The number of aliphatic hydroxyl groups is 10. The third-order valence-corrected chi connectivity index (χ3v) is 29.4. The Balaban J connectivity index is 0.000000244. The molecule has 0 bridgehead atoms. The van der Waals surface area contributed by atoms with Crippen LogP contribution in [0.5, 0.6) is 0 Å². The van der Waals surface area contributed by atoms with Crippen LogP contribution in [0.3, 0.4) is 0 Å². The van der Waals surface area contributed by atoms with Gasteiger partial charge in [0.15, 0.2) is 11.3 Å². The van der Waals surface area contributed by atoms with Crippen molar-refractivity contribution in [1.29, 1.82) is 0 Å². The lowest BCUT2D eigenvalue weighted by Gasteiger charge is -2.30. The first-order valence-electron chi connectivity index (χ1n) is 42.7. The van der Waals surface area contributed by atoms with Crippen LogP contribution in [-0.2, 0) is 50.2 Å². The van der Waals surface area contributed by atoms with Crippen molar-refractivity contribution >= 4 is 83.3 Å². The van der Waals surface area contributed by atoms with Gasteiger partial charge in [0, 0.05) is 61.4 Å². The van der Waals surface area contributed by atoms with E-state index in [2.05, 4.69) is 151 Å². The largest absolute Gasteiger partial charge is 0.388 e. The van der Waals surface area contributed by atoms with Gasteiger partial charge in [0.1, 0.15) is 85.5 Å². The van der Waals surface area contributed by atoms with Gasteiger partial charge in [-0.3, -0.25) is 73.3 Å². The van der Waals surface area contributed by atoms with Crippen molar-refractivity contribution in [3.63, 3.8) is 0 Å². The molecule has 0 aromatic carbocycles. The minimum Gasteiger partial charge on any atom is -0.388 e. The van der Waals surface area contributed by atoms with Crippen LogP contribution in [0.2, 0.25) is 0 Å². The number of aliphatic hydroxyl groups excluding tert-OH is 10. The fourth-order valence-corrected chi connectivity index (χ4v) is 19.3. The topological polar surface area (TPSA) is 531 Å². The Morgan fingerprint density at radius 3 is 0.976 bits per heavy atom. The number of H-pyrrole nitrogens is 4. The van der Waals surface area contributed by atoms with E-state index in [1.54, 1.807) is 11.1 Å². The molecule has 10 heterocycles. The molecule has 6 aliphatic heterocycles. The predicted molar refractivity (Wildman–Crippen MR) is 515 cm³/mol. The quantitative estimate of drug-likeness (QED) is 0.0159. The summed E-state index contributed by atoms with van der Waals surface area (Å²) in [6.45, 7) is 30.6. The molecule has 10 rings (SSSR count). The molecule has 0 amide bonds. The van der Waals surface area contributed by atoms with Crippen molar-refractivity contribution in [2.24, 2.45) is 0 Å². The lowest BCUT2D eigenvalue weighted by Crippen LogP contribution is -2.42. The Morgan fingerprint density at radius 1 is 0.389 bits per heavy atom. The van der Waals surface area contributed by atoms with Gasteiger partial charge in [-0.05, 0) is 194 Å². The summed E-state index contributed by atoms with van der Waals surface area (Å²) in [5, 5.41) is 119. The molecule has 6 aliphatic rings. The van der Waals surface area contributed by atoms with E-state index in [0.717, 1.165) is 87.2 Å². The second-order valence-electron chi connectivity index (χ2n) is 36.6. The van der Waals surface area contributed by atoms with Crippen LogP contribution in [0.4, 0.5) is 0 Å². The van der Waals surface area contributed by atoms with E-state index in [1.165, 1.54) is 38.5 Å². The number of nitrogens with one attached hydrogen (secondary N) is 9. The third-order valence-electron chi connectivity index (χ3n) is 21.7. The number of nitrogens with zero attached hydrogens (tertiary/aromatic N) is 5. The first-order chi connectivity index (χ1) is 58.6. The lowest BCUT2D eigenvalue weighted by molar-refractivity contribution is -0.0404. The second-order valence-corrected chi connectivity index (χ2v) is 58.6. The van der Waals surface area contributed by atoms with Gasteiger partial charge in [0.25, 0.3) is 22.2 Å². The van der Waals surface area contributed by atoms with E-state index < -0.39 is 196 Å². The van der Waals surface area contributed by atoms with Crippen LogP contribution in [0.1, 0.15) is 132 Å². The second kappa shape index (κ2) is 48.9. The van der Waals surface area contributed by atoms with Gasteiger partial charge in [-0.25, -0.2) is 19.2 Å². The van der Waals surface area contributed by atoms with E-state index in [-0.39, 0.29) is 42.8 Å². The van der Waals surface area contributed by atoms with Gasteiger partial charge in [0.2, 0.25) is 0 Å². The maximum atomic E-state index is 12.2. The van der Waals surface area contributed by atoms with Crippen LogP contribution in [0.25, 0.3) is 0 Å². The number of hydrogen-bond donors (Lipinski definition) is 19. The summed E-state index contributed by atoms with van der Waals surface area (Å²) < 4.78 is 34.2. The Kier molecular flexibility index (Phi) is 42.4. The highest BCUT2D eigenvalue weighted by Gasteiger charge is 2.50. The zero-order valence-corrected chi connectivity index (χ0v) is 81.2. The maximum Gasteiger partial charge on any atom is 0.330 e. The highest BCUT2D eigenvalue weighted by Crippen LogP contribution is 2.45. The van der Waals surface area contributed by atoms with E-state index in [0.29, 0.717) is 60.6 Å². The average molecular weight is 1890 g/mol. The number of rotatable bonds is 36. The third kappa shape index (κ3) is 32.5. The molecule has 20 atom stereocenters. The summed E-state index contributed by atoms with van der Waals surface area (Å²) in [7, 11) is 1.81. The molecular weight excluding hydrogens is 1750 g/mol. The number of ether oxygens (including phenoxy) is 5. The number of hydrogen-bond acceptors (Lipinski definition) is 28. The Bertz CT molecular complexity index is 4540. The first kappa shape index (κ1) is 109. The summed E-state index contributed by atoms with van der Waals surface area (Å²) in [6.07, 6.45) is 20.5. The SMILES string of the molecule is C=C1NC(=S)N(C)C=C1[C@@H]1O[C@H](CCP(=C)(C)C)[C@@H](O)[C@H]1O.C=P(C)(C)CC[C@H]1O[C@@H](c2cn(CNCCC)c(=O)[nH]c2=O)[C@H](O)[C@@H]1O.C=P(C)(C)CC[C@H]1O[C@@H](c2cn(CNCCC)c(=O)[nH]c2=O)[C@H](O)[C@@H]1O.C=P(C)(C)CC[C@H]1O[C@@H](c2cn(CNCCC)c(=O)[nH]c2=O)[C@H](O)[C@@H]1O.C=P(C)(C)CC[C@H]1O[C@@H](n2cc(CNCCC)c(=O)[nH]c2=O)[C@H](O)[C@@H]1O. The monoisotopic (exact) mass is 1890 g/mol. The standard InChI is InChI=1S/4C17H30N3O5P.C15H25N2O3PS/c3*1-5-7-18-10-20-9-11(16(23)19-17(20)24)15-14(22)13(21)12(25-15)6-8-26(2,3)4;1-5-7-18-9-11-10-20(17(24)19-15(11)23)16-14(22)13(21)12(25-16)6-8-26(2,3)4;1-9-10(8-17(2)15(22)16-9)14-13(19)12(18)11(20-14)6-7-21(3,4)5/h3*9,12-15,18,21-22H,2,5-8,10H2,1,3-4H3,(H,19,23,24);10,12-14,16,18,21-22H,2,5-9H2,1,3-4H3,(H,19,23,24);8,11-14,18-19H,1,3,6-7H2,2,4-5H3,(H,16,22)/t3*12-,13-,14-,15+;12-,13-,14-,16-;11-,12-,13-,14+/m11111/s1. The summed E-state index contributed by atoms with van der Waals surface area (Å²) in [6, 6.07) is 0. The molecule has 0 saturated carbocycles. The highest BCUT2D eigenvalue weighted by atomic mass is 32.1. The van der Waals surface area contributed by atoms with Gasteiger partial charge >= 0.3 is 22.8 Å². The van der Waals surface area contributed by atoms with Crippen LogP contribution >= 0.6 is 46.6 Å². The molecule has 4 aromatic rings. The lowest BCUT2D eigenvalue weighted by atomic mass is 9.99. The highest BCUT2D eigenvalue weighted by molar-refractivity contribution is 7.80. The normalized spacial score (nSPS) is 27.5. The molecule has 126 heavy (non-hydrogen) atoms. The van der Waals surface area contributed by atoms with Crippen LogP contribution < -0.4 is 71.6 Å². The van der Waals surface area contributed by atoms with Crippen LogP contribution in [-0.4, -0.2) is 359 Å². The molecule has 716 valence electrons. The molecule has 5 fully saturated rings. The number of thiocarbonyl (C=S) groups is 1. The molecule has 37 nitrogen and oxygen atoms in total. The minimum absolute atomic E-state index is 0.139. The van der Waals surface area contributed by atoms with E-state index in [1.807, 2.05) is 34.7 Å². The fraction of sp³-hybridized carbons (Fsp3) is 0.687. The Morgan fingerprint density at radius 2 is 0.667 bits per heavy atom. The minimum atomic E-state index is -1.29. The van der Waals surface area contributed by atoms with Crippen molar-refractivity contribution in [3.05, 3.63) is 154 Å². The van der Waals surface area contributed by atoms with Crippen molar-refractivity contribution in [1.82, 2.24) is 69.7 Å². The first-order valence-corrected chi connectivity index (χ1v) is 58.4. The molecule has 0 spiro atoms. The van der Waals surface area contributed by atoms with Gasteiger partial charge in [-0.1, -0.05) is 34.3 Å². The molecular formula is C83H145N14O23P5S. The smallest absolute Gasteiger partial charge is 0.330 e. The van der Waals surface area contributed by atoms with Crippen molar-refractivity contribution < 1.29 is 74.7 Å². The zero-order valence-electron chi connectivity index (χ0n) is 75.9. The summed E-state index contributed by atoms with van der Waals surface area (Å²) in [4.78, 5) is 107. The van der Waals surface area contributed by atoms with Crippen LogP contribution in [0, 0.1) is 0 Å². The van der Waals surface area contributed by atoms with Gasteiger partial charge in [-0.2, -0.15) is 0 Å². The van der Waals surface area contributed by atoms with Crippen molar-refractivity contribution in [3.8, 4) is 0 Å². The number of aromatic amines is 4. The molecule has 0 radical (unpaired) electrons. The maximum absolute atomic E-state index is 12.2. The summed E-state index contributed by atoms with van der Waals surface area (Å²) >= 11 is 5.14. The predicted octanol–water partition coefficient (Wildman–Crippen LogP) is -0.189. The summed E-state index contributed by atoms with van der Waals surface area (Å²) in [5.74, 6) is 0. The molecule has 4 aromatic heterocycles. The average Bonchev–Trinajstić information content (AvgIpc) is 1.68. The molecule has 0 aliphatic carbocycles. The van der Waals surface area contributed by atoms with E-state index >= 15 is 0 Å². The van der Waals surface area contributed by atoms with Gasteiger partial charge in [-0.15, -0.1) is 65.9 Å². The molecule has 43 heteroatoms. The summed E-state index contributed by atoms with van der Waals surface area (Å²) in [5.41, 5.74) is -2.45. The van der Waals surface area contributed by atoms with Gasteiger partial charge in [0.05, 0.1) is 67.2 Å².